The highest BCUT2D eigenvalue weighted by Crippen LogP contribution is 2.41. The first-order valence-electron chi connectivity index (χ1n) is 11.7. The molecule has 11 heteroatoms. The Kier molecular flexibility index (Phi) is 7.34. The number of nitrogens with one attached hydrogen (secondary N) is 1. The summed E-state index contributed by atoms with van der Waals surface area (Å²) in [7, 11) is 1.38. The topological polar surface area (TPSA) is 141 Å². The Balaban J connectivity index is 2.02. The number of rotatable bonds is 9. The standard InChI is InChI=1S/C28H26FN5O5/c1-6-39-16(4)21-13-31-26(30)25-23(17-7-9-20(28(36)37)22(12-17)38-5)24(33-34(21)25)19-10-8-18(11-14(19)2)32-27(35)15(3)29/h7-13H,3-4,6H2,1-2,5H3,(H2,30,31)(H,32,35)(H,36,37). The van der Waals surface area contributed by atoms with Gasteiger partial charge in [-0.1, -0.05) is 25.3 Å². The molecular formula is C28H26FN5O5. The highest BCUT2D eigenvalue weighted by Gasteiger charge is 2.25. The first-order chi connectivity index (χ1) is 18.6. The molecule has 0 unspecified atom stereocenters. The van der Waals surface area contributed by atoms with E-state index in [9.17, 15) is 19.1 Å². The molecule has 0 fully saturated rings. The van der Waals surface area contributed by atoms with E-state index >= 15 is 0 Å². The molecule has 2 aromatic carbocycles. The molecule has 0 aliphatic heterocycles. The Labute approximate surface area is 223 Å². The zero-order valence-corrected chi connectivity index (χ0v) is 21.5. The molecule has 0 radical (unpaired) electrons. The van der Waals surface area contributed by atoms with Crippen molar-refractivity contribution in [3.8, 4) is 28.1 Å². The van der Waals surface area contributed by atoms with E-state index in [1.807, 2.05) is 6.92 Å². The van der Waals surface area contributed by atoms with Crippen LogP contribution in [0.3, 0.4) is 0 Å². The molecule has 4 N–H and O–H groups in total. The van der Waals surface area contributed by atoms with Gasteiger partial charge in [-0.25, -0.2) is 18.7 Å². The summed E-state index contributed by atoms with van der Waals surface area (Å²) < 4.78 is 25.8. The Bertz CT molecular complexity index is 1660. The summed E-state index contributed by atoms with van der Waals surface area (Å²) in [5, 5.41) is 16.9. The van der Waals surface area contributed by atoms with Crippen molar-refractivity contribution in [2.24, 2.45) is 0 Å². The van der Waals surface area contributed by atoms with Crippen molar-refractivity contribution >= 4 is 34.7 Å². The number of carboxylic acid groups (broad SMARTS) is 1. The minimum absolute atomic E-state index is 0.0125. The molecule has 0 bridgehead atoms. The van der Waals surface area contributed by atoms with Crippen molar-refractivity contribution < 1.29 is 28.6 Å². The number of nitrogens with zero attached hydrogens (tertiary/aromatic N) is 3. The molecule has 2 heterocycles. The van der Waals surface area contributed by atoms with Gasteiger partial charge >= 0.3 is 5.97 Å². The average molecular weight is 532 g/mol. The normalized spacial score (nSPS) is 10.8. The number of ether oxygens (including phenoxy) is 2. The van der Waals surface area contributed by atoms with Crippen molar-refractivity contribution in [3.05, 3.63) is 78.4 Å². The van der Waals surface area contributed by atoms with Gasteiger partial charge in [-0.05, 0) is 49.2 Å². The number of amides is 1. The van der Waals surface area contributed by atoms with Crippen LogP contribution < -0.4 is 15.8 Å². The van der Waals surface area contributed by atoms with Gasteiger partial charge in [0.1, 0.15) is 39.8 Å². The summed E-state index contributed by atoms with van der Waals surface area (Å²) in [4.78, 5) is 27.8. The zero-order valence-electron chi connectivity index (χ0n) is 21.5. The van der Waals surface area contributed by atoms with Gasteiger partial charge in [0.25, 0.3) is 5.91 Å². The van der Waals surface area contributed by atoms with Crippen LogP contribution in [0.25, 0.3) is 33.7 Å². The van der Waals surface area contributed by atoms with Crippen molar-refractivity contribution in [2.45, 2.75) is 13.8 Å². The number of aromatic nitrogens is 3. The summed E-state index contributed by atoms with van der Waals surface area (Å²) in [6.45, 7) is 11.0. The number of carboxylic acids is 1. The SMILES string of the molecule is C=C(F)C(=O)Nc1ccc(-c2nn3c(C(=C)OCC)cnc(N)c3c2-c2ccc(C(=O)O)c(OC)c2)c(C)c1. The summed E-state index contributed by atoms with van der Waals surface area (Å²) in [6.07, 6.45) is 1.50. The van der Waals surface area contributed by atoms with E-state index in [1.165, 1.54) is 19.4 Å². The Morgan fingerprint density at radius 1 is 1.21 bits per heavy atom. The largest absolute Gasteiger partial charge is 0.496 e. The number of anilines is 2. The molecule has 0 aliphatic carbocycles. The Morgan fingerprint density at radius 2 is 1.95 bits per heavy atom. The van der Waals surface area contributed by atoms with Gasteiger partial charge in [-0.15, -0.1) is 0 Å². The minimum Gasteiger partial charge on any atom is -0.496 e. The third-order valence-corrected chi connectivity index (χ3v) is 5.99. The van der Waals surface area contributed by atoms with Gasteiger partial charge in [-0.3, -0.25) is 4.79 Å². The second kappa shape index (κ2) is 10.7. The van der Waals surface area contributed by atoms with E-state index in [1.54, 1.807) is 41.8 Å². The number of carbonyl (C=O) groups is 2. The van der Waals surface area contributed by atoms with Gasteiger partial charge in [0.2, 0.25) is 0 Å². The number of nitrogen functional groups attached to an aromatic ring is 1. The highest BCUT2D eigenvalue weighted by atomic mass is 19.1. The van der Waals surface area contributed by atoms with Crippen LogP contribution in [0.4, 0.5) is 15.9 Å². The molecule has 2 aromatic heterocycles. The third kappa shape index (κ3) is 5.01. The van der Waals surface area contributed by atoms with E-state index in [0.717, 1.165) is 0 Å². The second-order valence-electron chi connectivity index (χ2n) is 8.48. The van der Waals surface area contributed by atoms with Gasteiger partial charge in [0.15, 0.2) is 5.83 Å². The van der Waals surface area contributed by atoms with Crippen molar-refractivity contribution in [2.75, 3.05) is 24.8 Å². The molecule has 4 aromatic rings. The molecule has 39 heavy (non-hydrogen) atoms. The Morgan fingerprint density at radius 3 is 2.56 bits per heavy atom. The van der Waals surface area contributed by atoms with Crippen LogP contribution in [-0.2, 0) is 9.53 Å². The fraction of sp³-hybridized carbons (Fsp3) is 0.143. The lowest BCUT2D eigenvalue weighted by molar-refractivity contribution is -0.114. The monoisotopic (exact) mass is 531 g/mol. The molecule has 4 rings (SSSR count). The fourth-order valence-corrected chi connectivity index (χ4v) is 4.21. The smallest absolute Gasteiger partial charge is 0.339 e. The molecular weight excluding hydrogens is 505 g/mol. The summed E-state index contributed by atoms with van der Waals surface area (Å²) >= 11 is 0. The molecule has 10 nitrogen and oxygen atoms in total. The van der Waals surface area contributed by atoms with Crippen LogP contribution in [0.1, 0.15) is 28.5 Å². The number of aryl methyl sites for hydroxylation is 1. The number of fused-ring (bicyclic) bond motifs is 1. The maximum atomic E-state index is 13.2. The molecule has 0 saturated heterocycles. The predicted octanol–water partition coefficient (Wildman–Crippen LogP) is 5.09. The van der Waals surface area contributed by atoms with Crippen LogP contribution >= 0.6 is 0 Å². The van der Waals surface area contributed by atoms with E-state index in [2.05, 4.69) is 23.5 Å². The van der Waals surface area contributed by atoms with Gasteiger partial charge < -0.3 is 25.6 Å². The van der Waals surface area contributed by atoms with E-state index in [-0.39, 0.29) is 17.1 Å². The number of aromatic carboxylic acids is 1. The van der Waals surface area contributed by atoms with E-state index < -0.39 is 17.7 Å². The van der Waals surface area contributed by atoms with Gasteiger partial charge in [0, 0.05) is 16.8 Å². The predicted molar refractivity (Wildman–Crippen MR) is 146 cm³/mol. The molecule has 0 saturated carbocycles. The van der Waals surface area contributed by atoms with Crippen LogP contribution in [0.5, 0.6) is 5.75 Å². The number of carbonyl (C=O) groups excluding carboxylic acids is 1. The minimum atomic E-state index is -1.14. The first kappa shape index (κ1) is 26.9. The quantitative estimate of drug-likeness (QED) is 0.200. The summed E-state index contributed by atoms with van der Waals surface area (Å²) in [5.41, 5.74) is 10.6. The summed E-state index contributed by atoms with van der Waals surface area (Å²) in [6, 6.07) is 9.65. The number of methoxy groups -OCH3 is 1. The number of halogens is 1. The number of hydrogen-bond donors (Lipinski definition) is 3. The lowest BCUT2D eigenvalue weighted by Gasteiger charge is -2.12. The number of benzene rings is 2. The van der Waals surface area contributed by atoms with Crippen LogP contribution in [0, 0.1) is 6.92 Å². The highest BCUT2D eigenvalue weighted by molar-refractivity contribution is 6.02. The van der Waals surface area contributed by atoms with Gasteiger partial charge in [-0.2, -0.15) is 5.10 Å². The van der Waals surface area contributed by atoms with Crippen LogP contribution in [-0.4, -0.2) is 45.3 Å². The van der Waals surface area contributed by atoms with Crippen molar-refractivity contribution in [1.82, 2.24) is 14.6 Å². The second-order valence-corrected chi connectivity index (χ2v) is 8.48. The van der Waals surface area contributed by atoms with E-state index in [0.29, 0.717) is 57.2 Å². The fourth-order valence-electron chi connectivity index (χ4n) is 4.21. The maximum Gasteiger partial charge on any atom is 0.339 e. The number of hydrogen-bond acceptors (Lipinski definition) is 7. The van der Waals surface area contributed by atoms with Crippen molar-refractivity contribution in [3.63, 3.8) is 0 Å². The lowest BCUT2D eigenvalue weighted by Crippen LogP contribution is -2.11. The Hall–Kier alpha value is -5.19. The maximum absolute atomic E-state index is 13.2. The van der Waals surface area contributed by atoms with Crippen LogP contribution in [0.2, 0.25) is 0 Å². The molecule has 1 amide bonds. The lowest BCUT2D eigenvalue weighted by atomic mass is 9.95. The third-order valence-electron chi connectivity index (χ3n) is 5.99. The van der Waals surface area contributed by atoms with Crippen LogP contribution in [0.15, 0.2) is 61.6 Å². The van der Waals surface area contributed by atoms with E-state index in [4.69, 9.17) is 20.3 Å². The van der Waals surface area contributed by atoms with Crippen molar-refractivity contribution in [1.29, 1.82) is 0 Å². The first-order valence-corrected chi connectivity index (χ1v) is 11.7. The molecule has 0 spiro atoms. The average Bonchev–Trinajstić information content (AvgIpc) is 3.29. The zero-order chi connectivity index (χ0) is 28.4. The molecule has 0 atom stereocenters. The molecule has 200 valence electrons. The molecule has 0 aliphatic rings. The van der Waals surface area contributed by atoms with Gasteiger partial charge in [0.05, 0.1) is 19.9 Å². The number of nitrogens with two attached hydrogens (primary N) is 1. The summed E-state index contributed by atoms with van der Waals surface area (Å²) in [5.74, 6) is -2.55.